The van der Waals surface area contributed by atoms with Crippen molar-refractivity contribution in [3.63, 3.8) is 0 Å². The number of halogens is 1. The van der Waals surface area contributed by atoms with Gasteiger partial charge in [0.15, 0.2) is 11.6 Å². The van der Waals surface area contributed by atoms with Gasteiger partial charge >= 0.3 is 0 Å². The van der Waals surface area contributed by atoms with Crippen molar-refractivity contribution >= 4 is 17.2 Å². The van der Waals surface area contributed by atoms with E-state index in [4.69, 9.17) is 4.74 Å². The molecule has 0 spiro atoms. The first-order valence-corrected chi connectivity index (χ1v) is 6.48. The van der Waals surface area contributed by atoms with Gasteiger partial charge in [-0.2, -0.15) is 0 Å². The van der Waals surface area contributed by atoms with Crippen LogP contribution in [0.1, 0.15) is 16.1 Å². The second-order valence-electron chi connectivity index (χ2n) is 4.59. The molecule has 0 unspecified atom stereocenters. The summed E-state index contributed by atoms with van der Waals surface area (Å²) >= 11 is 0. The van der Waals surface area contributed by atoms with E-state index in [1.807, 2.05) is 36.4 Å². The zero-order valence-electron chi connectivity index (χ0n) is 11.1. The van der Waals surface area contributed by atoms with Crippen molar-refractivity contribution in [2.45, 2.75) is 6.61 Å². The molecule has 0 bridgehead atoms. The largest absolute Gasteiger partial charge is 0.484 e. The second kappa shape index (κ2) is 5.71. The van der Waals surface area contributed by atoms with Crippen LogP contribution in [0, 0.1) is 5.82 Å². The predicted molar refractivity (Wildman–Crippen MR) is 77.9 cm³/mol. The van der Waals surface area contributed by atoms with Gasteiger partial charge in [0.2, 0.25) is 0 Å². The number of pyridine rings is 1. The Labute approximate surface area is 121 Å². The molecule has 0 saturated heterocycles. The van der Waals surface area contributed by atoms with Crippen molar-refractivity contribution in [3.8, 4) is 5.75 Å². The molecule has 2 aromatic carbocycles. The van der Waals surface area contributed by atoms with Crippen LogP contribution in [0.3, 0.4) is 0 Å². The maximum Gasteiger partial charge on any atom is 0.165 e. The van der Waals surface area contributed by atoms with Gasteiger partial charge in [0.25, 0.3) is 0 Å². The summed E-state index contributed by atoms with van der Waals surface area (Å²) < 4.78 is 19.1. The molecule has 0 aliphatic rings. The van der Waals surface area contributed by atoms with Crippen molar-refractivity contribution in [2.24, 2.45) is 0 Å². The van der Waals surface area contributed by atoms with Crippen LogP contribution in [0.5, 0.6) is 5.75 Å². The average Bonchev–Trinajstić information content (AvgIpc) is 2.53. The highest BCUT2D eigenvalue weighted by Crippen LogP contribution is 2.19. The van der Waals surface area contributed by atoms with E-state index < -0.39 is 5.82 Å². The van der Waals surface area contributed by atoms with Gasteiger partial charge in [-0.05, 0) is 30.3 Å². The predicted octanol–water partition coefficient (Wildman–Crippen LogP) is 3.77. The molecular formula is C17H12FNO2. The third-order valence-corrected chi connectivity index (χ3v) is 3.12. The fraction of sp³-hybridized carbons (Fsp3) is 0.0588. The minimum atomic E-state index is -0.555. The molecule has 104 valence electrons. The van der Waals surface area contributed by atoms with Crippen LogP contribution < -0.4 is 4.74 Å². The summed E-state index contributed by atoms with van der Waals surface area (Å²) in [4.78, 5) is 15.0. The Kier molecular flexibility index (Phi) is 3.60. The maximum atomic E-state index is 13.7. The average molecular weight is 281 g/mol. The van der Waals surface area contributed by atoms with Gasteiger partial charge in [0.1, 0.15) is 12.9 Å². The van der Waals surface area contributed by atoms with Crippen molar-refractivity contribution in [2.75, 3.05) is 0 Å². The van der Waals surface area contributed by atoms with Gasteiger partial charge < -0.3 is 4.74 Å². The number of nitrogens with zero attached hydrogens (tertiary/aromatic N) is 1. The standard InChI is InChI=1S/C17H12FNO2/c18-15-9-12(10-20)5-8-17(15)21-11-14-7-6-13-3-1-2-4-16(13)19-14/h1-10H,11H2. The summed E-state index contributed by atoms with van der Waals surface area (Å²) in [7, 11) is 0. The maximum absolute atomic E-state index is 13.7. The quantitative estimate of drug-likeness (QED) is 0.683. The molecule has 0 aliphatic carbocycles. The minimum Gasteiger partial charge on any atom is -0.484 e. The van der Waals surface area contributed by atoms with Crippen LogP contribution in [-0.4, -0.2) is 11.3 Å². The lowest BCUT2D eigenvalue weighted by Crippen LogP contribution is -2.00. The molecular weight excluding hydrogens is 269 g/mol. The normalized spacial score (nSPS) is 10.5. The monoisotopic (exact) mass is 281 g/mol. The molecule has 0 saturated carbocycles. The van der Waals surface area contributed by atoms with Gasteiger partial charge in [-0.25, -0.2) is 9.37 Å². The third-order valence-electron chi connectivity index (χ3n) is 3.12. The number of hydrogen-bond donors (Lipinski definition) is 0. The van der Waals surface area contributed by atoms with Crippen molar-refractivity contribution in [1.82, 2.24) is 4.98 Å². The molecule has 0 amide bonds. The lowest BCUT2D eigenvalue weighted by molar-refractivity contribution is 0.112. The third kappa shape index (κ3) is 2.89. The van der Waals surface area contributed by atoms with Crippen LogP contribution in [0.2, 0.25) is 0 Å². The van der Waals surface area contributed by atoms with Gasteiger partial charge in [0, 0.05) is 10.9 Å². The second-order valence-corrected chi connectivity index (χ2v) is 4.59. The molecule has 3 rings (SSSR count). The number of ether oxygens (including phenoxy) is 1. The van der Waals surface area contributed by atoms with E-state index in [1.165, 1.54) is 12.1 Å². The molecule has 0 N–H and O–H groups in total. The summed E-state index contributed by atoms with van der Waals surface area (Å²) in [6, 6.07) is 15.7. The van der Waals surface area contributed by atoms with Gasteiger partial charge in [0.05, 0.1) is 11.2 Å². The first kappa shape index (κ1) is 13.2. The van der Waals surface area contributed by atoms with Crippen LogP contribution in [0.15, 0.2) is 54.6 Å². The summed E-state index contributed by atoms with van der Waals surface area (Å²) in [6.45, 7) is 0.169. The Balaban J connectivity index is 1.78. The SMILES string of the molecule is O=Cc1ccc(OCc2ccc3ccccc3n2)c(F)c1. The van der Waals surface area contributed by atoms with Crippen LogP contribution in [0.4, 0.5) is 4.39 Å². The van der Waals surface area contributed by atoms with E-state index in [9.17, 15) is 9.18 Å². The molecule has 1 aromatic heterocycles. The highest BCUT2D eigenvalue weighted by atomic mass is 19.1. The minimum absolute atomic E-state index is 0.107. The fourth-order valence-corrected chi connectivity index (χ4v) is 2.05. The van der Waals surface area contributed by atoms with E-state index >= 15 is 0 Å². The van der Waals surface area contributed by atoms with E-state index in [1.54, 1.807) is 0 Å². The zero-order chi connectivity index (χ0) is 14.7. The molecule has 21 heavy (non-hydrogen) atoms. The van der Waals surface area contributed by atoms with E-state index in [2.05, 4.69) is 4.98 Å². The van der Waals surface area contributed by atoms with Crippen molar-refractivity contribution < 1.29 is 13.9 Å². The lowest BCUT2D eigenvalue weighted by atomic mass is 10.2. The van der Waals surface area contributed by atoms with Crippen LogP contribution in [-0.2, 0) is 6.61 Å². The summed E-state index contributed by atoms with van der Waals surface area (Å²) in [5.41, 5.74) is 1.87. The number of carbonyl (C=O) groups is 1. The number of rotatable bonds is 4. The van der Waals surface area contributed by atoms with Crippen molar-refractivity contribution in [1.29, 1.82) is 0 Å². The number of aldehydes is 1. The summed E-state index contributed by atoms with van der Waals surface area (Å²) in [5, 5.41) is 1.04. The Hall–Kier alpha value is -2.75. The van der Waals surface area contributed by atoms with Crippen molar-refractivity contribution in [3.05, 3.63) is 71.7 Å². The van der Waals surface area contributed by atoms with E-state index in [0.29, 0.717) is 12.0 Å². The van der Waals surface area contributed by atoms with Crippen LogP contribution in [0.25, 0.3) is 10.9 Å². The van der Waals surface area contributed by atoms with Gasteiger partial charge in [-0.1, -0.05) is 24.3 Å². The number of benzene rings is 2. The number of hydrogen-bond acceptors (Lipinski definition) is 3. The first-order valence-electron chi connectivity index (χ1n) is 6.48. The highest BCUT2D eigenvalue weighted by molar-refractivity contribution is 5.78. The molecule has 1 heterocycles. The summed E-state index contributed by atoms with van der Waals surface area (Å²) in [6.07, 6.45) is 0.595. The van der Waals surface area contributed by atoms with Gasteiger partial charge in [-0.15, -0.1) is 0 Å². The Morgan fingerprint density at radius 1 is 1.10 bits per heavy atom. The summed E-state index contributed by atoms with van der Waals surface area (Å²) in [5.74, 6) is -0.448. The zero-order valence-corrected chi connectivity index (χ0v) is 11.1. The molecule has 4 heteroatoms. The Bertz CT molecular complexity index is 802. The molecule has 0 aliphatic heterocycles. The molecule has 0 radical (unpaired) electrons. The first-order chi connectivity index (χ1) is 10.3. The number of aromatic nitrogens is 1. The Morgan fingerprint density at radius 3 is 2.76 bits per heavy atom. The molecule has 3 aromatic rings. The molecule has 0 atom stereocenters. The Morgan fingerprint density at radius 2 is 1.95 bits per heavy atom. The van der Waals surface area contributed by atoms with Gasteiger partial charge in [-0.3, -0.25) is 4.79 Å². The topological polar surface area (TPSA) is 39.2 Å². The number of carbonyl (C=O) groups excluding carboxylic acids is 1. The van der Waals surface area contributed by atoms with E-state index in [-0.39, 0.29) is 17.9 Å². The molecule has 0 fully saturated rings. The number of fused-ring (bicyclic) bond motifs is 1. The number of para-hydroxylation sites is 1. The highest BCUT2D eigenvalue weighted by Gasteiger charge is 2.06. The lowest BCUT2D eigenvalue weighted by Gasteiger charge is -2.08. The van der Waals surface area contributed by atoms with Crippen LogP contribution >= 0.6 is 0 Å². The fourth-order valence-electron chi connectivity index (χ4n) is 2.05. The van der Waals surface area contributed by atoms with E-state index in [0.717, 1.165) is 17.0 Å². The molecule has 3 nitrogen and oxygen atoms in total. The smallest absolute Gasteiger partial charge is 0.165 e.